The maximum absolute atomic E-state index is 12.2. The van der Waals surface area contributed by atoms with Gasteiger partial charge in [0.1, 0.15) is 5.02 Å². The quantitative estimate of drug-likeness (QED) is 0.313. The van der Waals surface area contributed by atoms with Crippen LogP contribution in [-0.2, 0) is 0 Å². The van der Waals surface area contributed by atoms with E-state index in [0.717, 1.165) is 11.6 Å². The monoisotopic (exact) mass is 361 g/mol. The smallest absolute Gasteiger partial charge is 0.288 e. The fourth-order valence-electron chi connectivity index (χ4n) is 2.14. The number of ketones is 1. The van der Waals surface area contributed by atoms with Crippen LogP contribution < -0.4 is 9.47 Å². The molecule has 0 spiro atoms. The van der Waals surface area contributed by atoms with Crippen LogP contribution in [0.2, 0.25) is 5.02 Å². The number of carbonyl (C=O) groups excluding carboxylic acids is 1. The Morgan fingerprint density at radius 3 is 2.64 bits per heavy atom. The minimum atomic E-state index is -0.624. The molecule has 7 heteroatoms. The van der Waals surface area contributed by atoms with Gasteiger partial charge in [-0.25, -0.2) is 0 Å². The van der Waals surface area contributed by atoms with Crippen LogP contribution in [0.1, 0.15) is 22.8 Å². The molecule has 130 valence electrons. The Morgan fingerprint density at radius 2 is 2.00 bits per heavy atom. The summed E-state index contributed by atoms with van der Waals surface area (Å²) in [6.45, 7) is 2.34. The third-order valence-corrected chi connectivity index (χ3v) is 3.66. The molecule has 0 bridgehead atoms. The number of carbonyl (C=O) groups is 1. The maximum atomic E-state index is 12.2. The van der Waals surface area contributed by atoms with E-state index in [4.69, 9.17) is 21.1 Å². The average molecular weight is 362 g/mol. The molecule has 0 fully saturated rings. The first-order valence-electron chi connectivity index (χ1n) is 7.43. The zero-order chi connectivity index (χ0) is 18.4. The summed E-state index contributed by atoms with van der Waals surface area (Å²) in [5.41, 5.74) is 0.621. The lowest BCUT2D eigenvalue weighted by molar-refractivity contribution is -0.384. The third kappa shape index (κ3) is 4.58. The van der Waals surface area contributed by atoms with E-state index in [9.17, 15) is 14.9 Å². The molecule has 6 nitrogen and oxygen atoms in total. The first kappa shape index (κ1) is 18.5. The summed E-state index contributed by atoms with van der Waals surface area (Å²) in [4.78, 5) is 22.5. The van der Waals surface area contributed by atoms with E-state index >= 15 is 0 Å². The lowest BCUT2D eigenvalue weighted by atomic mass is 10.1. The summed E-state index contributed by atoms with van der Waals surface area (Å²) in [7, 11) is 1.55. The fourth-order valence-corrected chi connectivity index (χ4v) is 2.33. The Balaban J connectivity index is 2.24. The molecule has 2 aromatic carbocycles. The van der Waals surface area contributed by atoms with Crippen molar-refractivity contribution < 1.29 is 19.2 Å². The summed E-state index contributed by atoms with van der Waals surface area (Å²) in [5.74, 6) is 0.800. The Hall–Kier alpha value is -2.86. The number of nitro benzene ring substituents is 1. The number of rotatable bonds is 7. The van der Waals surface area contributed by atoms with Crippen LogP contribution in [0.15, 0.2) is 42.5 Å². The van der Waals surface area contributed by atoms with Gasteiger partial charge in [-0.2, -0.15) is 0 Å². The van der Waals surface area contributed by atoms with E-state index in [2.05, 4.69) is 0 Å². The SMILES string of the molecule is CCOc1cc(/C=C/C(=O)c2ccc(Cl)c([N+](=O)[O-])c2)ccc1OC. The first-order valence-corrected chi connectivity index (χ1v) is 7.81. The van der Waals surface area contributed by atoms with Crippen molar-refractivity contribution in [3.05, 3.63) is 68.7 Å². The van der Waals surface area contributed by atoms with Crippen molar-refractivity contribution in [2.75, 3.05) is 13.7 Å². The molecule has 0 aliphatic rings. The molecule has 0 heterocycles. The van der Waals surface area contributed by atoms with Gasteiger partial charge in [-0.15, -0.1) is 0 Å². The van der Waals surface area contributed by atoms with E-state index in [1.165, 1.54) is 18.2 Å². The highest BCUT2D eigenvalue weighted by atomic mass is 35.5. The minimum absolute atomic E-state index is 0.0120. The van der Waals surface area contributed by atoms with Gasteiger partial charge in [0, 0.05) is 11.6 Å². The summed E-state index contributed by atoms with van der Waals surface area (Å²) in [6, 6.07) is 9.20. The number of ether oxygens (including phenoxy) is 2. The molecule has 0 saturated carbocycles. The lowest BCUT2D eigenvalue weighted by Crippen LogP contribution is -1.97. The molecule has 0 atom stereocenters. The number of halogens is 1. The van der Waals surface area contributed by atoms with Gasteiger partial charge in [-0.1, -0.05) is 23.7 Å². The van der Waals surface area contributed by atoms with E-state index < -0.39 is 4.92 Å². The van der Waals surface area contributed by atoms with Gasteiger partial charge in [0.15, 0.2) is 17.3 Å². The number of nitro groups is 1. The number of allylic oxidation sites excluding steroid dienone is 1. The van der Waals surface area contributed by atoms with Crippen molar-refractivity contribution in [1.29, 1.82) is 0 Å². The van der Waals surface area contributed by atoms with Gasteiger partial charge in [0.2, 0.25) is 0 Å². The van der Waals surface area contributed by atoms with Crippen LogP contribution >= 0.6 is 11.6 Å². The van der Waals surface area contributed by atoms with E-state index in [0.29, 0.717) is 18.1 Å². The van der Waals surface area contributed by atoms with Crippen molar-refractivity contribution in [1.82, 2.24) is 0 Å². The Kier molecular flexibility index (Phi) is 6.14. The summed E-state index contributed by atoms with van der Waals surface area (Å²) in [5, 5.41) is 10.9. The molecule has 0 aromatic heterocycles. The zero-order valence-electron chi connectivity index (χ0n) is 13.7. The van der Waals surface area contributed by atoms with Crippen molar-refractivity contribution in [3.63, 3.8) is 0 Å². The van der Waals surface area contributed by atoms with Crippen LogP contribution in [0.25, 0.3) is 6.08 Å². The molecule has 0 N–H and O–H groups in total. The lowest BCUT2D eigenvalue weighted by Gasteiger charge is -2.09. The van der Waals surface area contributed by atoms with Crippen molar-refractivity contribution in [3.8, 4) is 11.5 Å². The van der Waals surface area contributed by atoms with Gasteiger partial charge < -0.3 is 9.47 Å². The Bertz CT molecular complexity index is 832. The molecule has 25 heavy (non-hydrogen) atoms. The predicted octanol–water partition coefficient (Wildman–Crippen LogP) is 4.55. The molecule has 2 rings (SSSR count). The van der Waals surface area contributed by atoms with Crippen LogP contribution in [-0.4, -0.2) is 24.4 Å². The van der Waals surface area contributed by atoms with Crippen LogP contribution in [0.5, 0.6) is 11.5 Å². The topological polar surface area (TPSA) is 78.7 Å². The Labute approximate surface area is 149 Å². The van der Waals surface area contributed by atoms with Gasteiger partial charge in [-0.3, -0.25) is 14.9 Å². The van der Waals surface area contributed by atoms with Crippen LogP contribution in [0, 0.1) is 10.1 Å². The van der Waals surface area contributed by atoms with Gasteiger partial charge in [-0.05, 0) is 42.8 Å². The first-order chi connectivity index (χ1) is 12.0. The second-order valence-corrected chi connectivity index (χ2v) is 5.37. The van der Waals surface area contributed by atoms with Crippen molar-refractivity contribution >= 4 is 29.1 Å². The fraction of sp³-hybridized carbons (Fsp3) is 0.167. The largest absolute Gasteiger partial charge is 0.493 e. The van der Waals surface area contributed by atoms with Crippen molar-refractivity contribution in [2.45, 2.75) is 6.92 Å². The molecule has 0 radical (unpaired) electrons. The second-order valence-electron chi connectivity index (χ2n) is 4.96. The predicted molar refractivity (Wildman–Crippen MR) is 95.6 cm³/mol. The van der Waals surface area contributed by atoms with Gasteiger partial charge in [0.25, 0.3) is 5.69 Å². The highest BCUT2D eigenvalue weighted by Gasteiger charge is 2.15. The Morgan fingerprint density at radius 1 is 1.24 bits per heavy atom. The van der Waals surface area contributed by atoms with Gasteiger partial charge in [0.05, 0.1) is 18.6 Å². The zero-order valence-corrected chi connectivity index (χ0v) is 14.4. The third-order valence-electron chi connectivity index (χ3n) is 3.34. The van der Waals surface area contributed by atoms with E-state index in [1.54, 1.807) is 31.4 Å². The summed E-state index contributed by atoms with van der Waals surface area (Å²) in [6.07, 6.45) is 2.94. The van der Waals surface area contributed by atoms with Crippen LogP contribution in [0.4, 0.5) is 5.69 Å². The molecule has 2 aromatic rings. The highest BCUT2D eigenvalue weighted by Crippen LogP contribution is 2.29. The molecule has 0 unspecified atom stereocenters. The number of benzene rings is 2. The van der Waals surface area contributed by atoms with Crippen molar-refractivity contribution in [2.24, 2.45) is 0 Å². The van der Waals surface area contributed by atoms with Crippen LogP contribution in [0.3, 0.4) is 0 Å². The number of hydrogen-bond donors (Lipinski definition) is 0. The second kappa shape index (κ2) is 8.30. The molecule has 0 aliphatic heterocycles. The molecular weight excluding hydrogens is 346 g/mol. The molecular formula is C18H16ClNO5. The van der Waals surface area contributed by atoms with E-state index in [-0.39, 0.29) is 22.1 Å². The minimum Gasteiger partial charge on any atom is -0.493 e. The van der Waals surface area contributed by atoms with Gasteiger partial charge >= 0.3 is 0 Å². The summed E-state index contributed by atoms with van der Waals surface area (Å²) >= 11 is 5.75. The highest BCUT2D eigenvalue weighted by molar-refractivity contribution is 6.32. The maximum Gasteiger partial charge on any atom is 0.288 e. The van der Waals surface area contributed by atoms with E-state index in [1.807, 2.05) is 6.92 Å². The average Bonchev–Trinajstić information content (AvgIpc) is 2.60. The molecule has 0 amide bonds. The number of methoxy groups -OCH3 is 1. The normalized spacial score (nSPS) is 10.7. The number of nitrogens with zero attached hydrogens (tertiary/aromatic N) is 1. The number of hydrogen-bond acceptors (Lipinski definition) is 5. The standard InChI is InChI=1S/C18H16ClNO5/c1-3-25-18-10-12(5-9-17(18)24-2)4-8-16(21)13-6-7-14(19)15(11-13)20(22)23/h4-11H,3H2,1-2H3/b8-4+. The summed E-state index contributed by atoms with van der Waals surface area (Å²) < 4.78 is 10.7. The molecule has 0 saturated heterocycles. The molecule has 0 aliphatic carbocycles.